The largest absolute Gasteiger partial charge is 0.381 e. The van der Waals surface area contributed by atoms with E-state index < -0.39 is 0 Å². The van der Waals surface area contributed by atoms with Gasteiger partial charge in [0.15, 0.2) is 0 Å². The minimum absolute atomic E-state index is 0.152. The molecule has 2 heterocycles. The molecule has 1 atom stereocenters. The van der Waals surface area contributed by atoms with E-state index in [9.17, 15) is 9.59 Å². The summed E-state index contributed by atoms with van der Waals surface area (Å²) in [6.07, 6.45) is 9.63. The van der Waals surface area contributed by atoms with Crippen LogP contribution in [0.15, 0.2) is 0 Å². The van der Waals surface area contributed by atoms with Gasteiger partial charge in [-0.3, -0.25) is 9.59 Å². The molecule has 3 rings (SSSR count). The van der Waals surface area contributed by atoms with Crippen LogP contribution in [0.1, 0.15) is 64.7 Å². The minimum Gasteiger partial charge on any atom is -0.381 e. The first-order valence-corrected chi connectivity index (χ1v) is 9.82. The Hall–Kier alpha value is -1.10. The van der Waals surface area contributed by atoms with Crippen molar-refractivity contribution >= 4 is 11.8 Å². The maximum absolute atomic E-state index is 12.9. The number of carbonyl (C=O) groups excluding carboxylic acids is 2. The molecule has 3 fully saturated rings. The molecule has 24 heavy (non-hydrogen) atoms. The standard InChI is InChI=1S/C19H32N2O3/c1-15(22)21(17-9-12-24-13-10-17)18-8-5-11-20(14-18)19(23)16-6-3-2-4-7-16/h16-18H,2-14H2,1H3. The zero-order chi connectivity index (χ0) is 16.9. The van der Waals surface area contributed by atoms with Crippen LogP contribution in [0.5, 0.6) is 0 Å². The van der Waals surface area contributed by atoms with Gasteiger partial charge in [-0.05, 0) is 38.5 Å². The summed E-state index contributed by atoms with van der Waals surface area (Å²) in [5.74, 6) is 0.722. The van der Waals surface area contributed by atoms with Gasteiger partial charge in [0.1, 0.15) is 0 Å². The fraction of sp³-hybridized carbons (Fsp3) is 0.895. The third-order valence-corrected chi connectivity index (χ3v) is 6.00. The van der Waals surface area contributed by atoms with Crippen LogP contribution in [0, 0.1) is 5.92 Å². The number of hydrogen-bond donors (Lipinski definition) is 0. The molecule has 5 heteroatoms. The maximum atomic E-state index is 12.9. The predicted molar refractivity (Wildman–Crippen MR) is 92.5 cm³/mol. The molecule has 1 unspecified atom stereocenters. The summed E-state index contributed by atoms with van der Waals surface area (Å²) in [5.41, 5.74) is 0. The molecule has 5 nitrogen and oxygen atoms in total. The number of carbonyl (C=O) groups is 2. The topological polar surface area (TPSA) is 49.9 Å². The highest BCUT2D eigenvalue weighted by molar-refractivity contribution is 5.79. The van der Waals surface area contributed by atoms with E-state index in [2.05, 4.69) is 9.80 Å². The van der Waals surface area contributed by atoms with Crippen LogP contribution >= 0.6 is 0 Å². The molecule has 0 bridgehead atoms. The summed E-state index contributed by atoms with van der Waals surface area (Å²) in [4.78, 5) is 29.3. The lowest BCUT2D eigenvalue weighted by Gasteiger charge is -2.44. The van der Waals surface area contributed by atoms with E-state index in [1.165, 1.54) is 19.3 Å². The highest BCUT2D eigenvalue weighted by Gasteiger charge is 2.35. The molecule has 0 spiro atoms. The van der Waals surface area contributed by atoms with Crippen molar-refractivity contribution in [1.82, 2.24) is 9.80 Å². The summed E-state index contributed by atoms with van der Waals surface area (Å²) in [6, 6.07) is 0.470. The van der Waals surface area contributed by atoms with Crippen molar-refractivity contribution in [3.05, 3.63) is 0 Å². The average molecular weight is 336 g/mol. The maximum Gasteiger partial charge on any atom is 0.225 e. The van der Waals surface area contributed by atoms with Crippen molar-refractivity contribution in [1.29, 1.82) is 0 Å². The smallest absolute Gasteiger partial charge is 0.225 e. The van der Waals surface area contributed by atoms with E-state index in [-0.39, 0.29) is 23.9 Å². The predicted octanol–water partition coefficient (Wildman–Crippen LogP) is 2.59. The zero-order valence-corrected chi connectivity index (χ0v) is 15.0. The van der Waals surface area contributed by atoms with Crippen molar-refractivity contribution in [3.63, 3.8) is 0 Å². The second-order valence-corrected chi connectivity index (χ2v) is 7.69. The molecule has 2 saturated heterocycles. The van der Waals surface area contributed by atoms with Gasteiger partial charge in [0.25, 0.3) is 0 Å². The Morgan fingerprint density at radius 3 is 2.29 bits per heavy atom. The first-order chi connectivity index (χ1) is 11.7. The van der Waals surface area contributed by atoms with Crippen LogP contribution in [0.4, 0.5) is 0 Å². The van der Waals surface area contributed by atoms with Crippen LogP contribution in [-0.4, -0.2) is 60.0 Å². The quantitative estimate of drug-likeness (QED) is 0.796. The third-order valence-electron chi connectivity index (χ3n) is 6.00. The Labute approximate surface area is 145 Å². The normalized spacial score (nSPS) is 27.0. The van der Waals surface area contributed by atoms with E-state index in [4.69, 9.17) is 4.74 Å². The molecule has 0 aromatic heterocycles. The van der Waals surface area contributed by atoms with Gasteiger partial charge in [0, 0.05) is 51.2 Å². The first-order valence-electron chi connectivity index (χ1n) is 9.82. The fourth-order valence-corrected chi connectivity index (χ4v) is 4.77. The number of rotatable bonds is 3. The Morgan fingerprint density at radius 1 is 0.917 bits per heavy atom. The van der Waals surface area contributed by atoms with Crippen LogP contribution in [0.2, 0.25) is 0 Å². The molecule has 1 aliphatic carbocycles. The summed E-state index contributed by atoms with van der Waals surface area (Å²) < 4.78 is 5.45. The van der Waals surface area contributed by atoms with E-state index in [0.717, 1.165) is 64.8 Å². The summed E-state index contributed by atoms with van der Waals surface area (Å²) in [7, 11) is 0. The lowest BCUT2D eigenvalue weighted by molar-refractivity contribution is -0.145. The lowest BCUT2D eigenvalue weighted by atomic mass is 9.87. The highest BCUT2D eigenvalue weighted by Crippen LogP contribution is 2.28. The van der Waals surface area contributed by atoms with Crippen molar-refractivity contribution in [2.45, 2.75) is 76.8 Å². The van der Waals surface area contributed by atoms with Gasteiger partial charge in [-0.2, -0.15) is 0 Å². The van der Waals surface area contributed by atoms with E-state index in [0.29, 0.717) is 5.91 Å². The van der Waals surface area contributed by atoms with Gasteiger partial charge in [0.05, 0.1) is 0 Å². The fourth-order valence-electron chi connectivity index (χ4n) is 4.77. The molecule has 2 amide bonds. The Balaban J connectivity index is 1.64. The van der Waals surface area contributed by atoms with Crippen LogP contribution in [-0.2, 0) is 14.3 Å². The van der Waals surface area contributed by atoms with Crippen LogP contribution in [0.3, 0.4) is 0 Å². The van der Waals surface area contributed by atoms with E-state index in [1.54, 1.807) is 6.92 Å². The first kappa shape index (κ1) is 17.7. The molecule has 0 aromatic carbocycles. The Morgan fingerprint density at radius 2 is 1.62 bits per heavy atom. The molecule has 1 saturated carbocycles. The molecular weight excluding hydrogens is 304 g/mol. The summed E-state index contributed by atoms with van der Waals surface area (Å²) >= 11 is 0. The van der Waals surface area contributed by atoms with E-state index >= 15 is 0 Å². The zero-order valence-electron chi connectivity index (χ0n) is 15.0. The molecular formula is C19H32N2O3. The van der Waals surface area contributed by atoms with Gasteiger partial charge in [-0.25, -0.2) is 0 Å². The molecule has 0 aromatic rings. The van der Waals surface area contributed by atoms with Gasteiger partial charge in [-0.1, -0.05) is 19.3 Å². The molecule has 136 valence electrons. The SMILES string of the molecule is CC(=O)N(C1CCOCC1)C1CCCN(C(=O)C2CCCCC2)C1. The van der Waals surface area contributed by atoms with Crippen LogP contribution < -0.4 is 0 Å². The summed E-state index contributed by atoms with van der Waals surface area (Å²) in [5, 5.41) is 0. The lowest BCUT2D eigenvalue weighted by Crippen LogP contribution is -2.56. The second kappa shape index (κ2) is 8.32. The Kier molecular flexibility index (Phi) is 6.14. The summed E-state index contributed by atoms with van der Waals surface area (Å²) in [6.45, 7) is 4.76. The number of nitrogens with zero attached hydrogens (tertiary/aromatic N) is 2. The van der Waals surface area contributed by atoms with Crippen molar-refractivity contribution in [3.8, 4) is 0 Å². The van der Waals surface area contributed by atoms with Gasteiger partial charge in [0.2, 0.25) is 11.8 Å². The minimum atomic E-state index is 0.152. The van der Waals surface area contributed by atoms with Crippen molar-refractivity contribution in [2.24, 2.45) is 5.92 Å². The molecule has 2 aliphatic heterocycles. The number of ether oxygens (including phenoxy) is 1. The number of amides is 2. The van der Waals surface area contributed by atoms with E-state index in [1.807, 2.05) is 0 Å². The number of hydrogen-bond acceptors (Lipinski definition) is 3. The van der Waals surface area contributed by atoms with Crippen molar-refractivity contribution < 1.29 is 14.3 Å². The highest BCUT2D eigenvalue weighted by atomic mass is 16.5. The van der Waals surface area contributed by atoms with Gasteiger partial charge in [-0.15, -0.1) is 0 Å². The van der Waals surface area contributed by atoms with Crippen LogP contribution in [0.25, 0.3) is 0 Å². The molecule has 0 N–H and O–H groups in total. The second-order valence-electron chi connectivity index (χ2n) is 7.69. The number of piperidine rings is 1. The molecule has 3 aliphatic rings. The van der Waals surface area contributed by atoms with Gasteiger partial charge < -0.3 is 14.5 Å². The van der Waals surface area contributed by atoms with Crippen molar-refractivity contribution in [2.75, 3.05) is 26.3 Å². The average Bonchev–Trinajstić information content (AvgIpc) is 2.63. The third kappa shape index (κ3) is 4.11. The van der Waals surface area contributed by atoms with Gasteiger partial charge >= 0.3 is 0 Å². The monoisotopic (exact) mass is 336 g/mol. The molecule has 0 radical (unpaired) electrons. The Bertz CT molecular complexity index is 442. The number of likely N-dealkylation sites (tertiary alicyclic amines) is 1.